The Morgan fingerprint density at radius 2 is 2.24 bits per heavy atom. The van der Waals surface area contributed by atoms with Crippen LogP contribution in [0.3, 0.4) is 0 Å². The lowest BCUT2D eigenvalue weighted by atomic mass is 9.96. The van der Waals surface area contributed by atoms with E-state index >= 15 is 0 Å². The molecule has 2 aromatic heterocycles. The number of methoxy groups -OCH3 is 1. The third-order valence-electron chi connectivity index (χ3n) is 4.37. The number of carbonyl (C=O) groups excluding carboxylic acids is 1. The Labute approximate surface area is 144 Å². The largest absolute Gasteiger partial charge is 0.383 e. The van der Waals surface area contributed by atoms with E-state index in [2.05, 4.69) is 9.97 Å². The molecule has 1 aliphatic heterocycles. The second kappa shape index (κ2) is 7.69. The van der Waals surface area contributed by atoms with Crippen molar-refractivity contribution >= 4 is 5.91 Å². The SMILES string of the molecule is COCCn1ccnc1[C@@H]1CCCN(C(=O)c2ncc(F)cc2F)C1. The molecule has 25 heavy (non-hydrogen) atoms. The van der Waals surface area contributed by atoms with E-state index in [9.17, 15) is 13.6 Å². The van der Waals surface area contributed by atoms with E-state index in [1.165, 1.54) is 0 Å². The summed E-state index contributed by atoms with van der Waals surface area (Å²) < 4.78 is 34.0. The number of piperidine rings is 1. The van der Waals surface area contributed by atoms with Crippen molar-refractivity contribution in [2.75, 3.05) is 26.8 Å². The van der Waals surface area contributed by atoms with Gasteiger partial charge in [-0.15, -0.1) is 0 Å². The van der Waals surface area contributed by atoms with Gasteiger partial charge in [-0.25, -0.2) is 18.7 Å². The van der Waals surface area contributed by atoms with E-state index in [0.717, 1.165) is 24.9 Å². The molecular formula is C17H20F2N4O2. The first kappa shape index (κ1) is 17.5. The number of amides is 1. The van der Waals surface area contributed by atoms with Crippen LogP contribution in [0.4, 0.5) is 8.78 Å². The van der Waals surface area contributed by atoms with Crippen LogP contribution in [-0.2, 0) is 11.3 Å². The lowest BCUT2D eigenvalue weighted by molar-refractivity contribution is 0.0691. The van der Waals surface area contributed by atoms with Crippen molar-refractivity contribution in [1.82, 2.24) is 19.4 Å². The first-order valence-electron chi connectivity index (χ1n) is 8.20. The summed E-state index contributed by atoms with van der Waals surface area (Å²) in [5, 5.41) is 0. The van der Waals surface area contributed by atoms with E-state index in [1.807, 2.05) is 10.8 Å². The summed E-state index contributed by atoms with van der Waals surface area (Å²) in [4.78, 5) is 22.2. The maximum atomic E-state index is 13.8. The topological polar surface area (TPSA) is 60.2 Å². The van der Waals surface area contributed by atoms with Gasteiger partial charge in [-0.2, -0.15) is 0 Å². The lowest BCUT2D eigenvalue weighted by Gasteiger charge is -2.32. The molecule has 2 aromatic rings. The highest BCUT2D eigenvalue weighted by Gasteiger charge is 2.29. The fourth-order valence-electron chi connectivity index (χ4n) is 3.15. The monoisotopic (exact) mass is 350 g/mol. The average molecular weight is 350 g/mol. The smallest absolute Gasteiger partial charge is 0.275 e. The number of halogens is 2. The summed E-state index contributed by atoms with van der Waals surface area (Å²) in [5.41, 5.74) is -0.343. The van der Waals surface area contributed by atoms with Crippen LogP contribution < -0.4 is 0 Å². The molecule has 3 heterocycles. The van der Waals surface area contributed by atoms with E-state index < -0.39 is 17.5 Å². The first-order valence-corrected chi connectivity index (χ1v) is 8.20. The van der Waals surface area contributed by atoms with E-state index in [-0.39, 0.29) is 11.6 Å². The number of nitrogens with zero attached hydrogens (tertiary/aromatic N) is 4. The van der Waals surface area contributed by atoms with Crippen LogP contribution >= 0.6 is 0 Å². The van der Waals surface area contributed by atoms with E-state index in [1.54, 1.807) is 18.2 Å². The quantitative estimate of drug-likeness (QED) is 0.830. The number of pyridine rings is 1. The van der Waals surface area contributed by atoms with Crippen LogP contribution in [0.25, 0.3) is 0 Å². The Bertz CT molecular complexity index is 750. The number of ether oxygens (including phenoxy) is 1. The lowest BCUT2D eigenvalue weighted by Crippen LogP contribution is -2.40. The molecular weight excluding hydrogens is 330 g/mol. The van der Waals surface area contributed by atoms with Crippen LogP contribution in [0.15, 0.2) is 24.7 Å². The fourth-order valence-corrected chi connectivity index (χ4v) is 3.15. The zero-order valence-corrected chi connectivity index (χ0v) is 14.0. The van der Waals surface area contributed by atoms with Crippen LogP contribution in [-0.4, -0.2) is 52.1 Å². The summed E-state index contributed by atoms with van der Waals surface area (Å²) in [5.74, 6) is -1.30. The van der Waals surface area contributed by atoms with Gasteiger partial charge >= 0.3 is 0 Å². The molecule has 0 spiro atoms. The fraction of sp³-hybridized carbons (Fsp3) is 0.471. The Morgan fingerprint density at radius 3 is 3.00 bits per heavy atom. The predicted molar refractivity (Wildman–Crippen MR) is 86.1 cm³/mol. The number of rotatable bonds is 5. The van der Waals surface area contributed by atoms with Crippen molar-refractivity contribution in [3.63, 3.8) is 0 Å². The normalized spacial score (nSPS) is 17.7. The van der Waals surface area contributed by atoms with Gasteiger partial charge in [-0.3, -0.25) is 4.79 Å². The minimum atomic E-state index is -0.936. The summed E-state index contributed by atoms with van der Waals surface area (Å²) in [7, 11) is 1.64. The standard InChI is InChI=1S/C17H20F2N4O2/c1-25-8-7-22-6-4-20-16(22)12-3-2-5-23(11-12)17(24)15-14(19)9-13(18)10-21-15/h4,6,9-10,12H,2-3,5,7-8,11H2,1H3/t12-/m1/s1. The van der Waals surface area contributed by atoms with Crippen LogP contribution in [0.2, 0.25) is 0 Å². The van der Waals surface area contributed by atoms with Crippen molar-refractivity contribution in [1.29, 1.82) is 0 Å². The van der Waals surface area contributed by atoms with Crippen LogP contribution in [0.5, 0.6) is 0 Å². The molecule has 1 saturated heterocycles. The third kappa shape index (κ3) is 3.84. The Balaban J connectivity index is 1.75. The maximum Gasteiger partial charge on any atom is 0.275 e. The summed E-state index contributed by atoms with van der Waals surface area (Å²) in [6, 6.07) is 0.680. The van der Waals surface area contributed by atoms with Gasteiger partial charge in [0.25, 0.3) is 5.91 Å². The molecule has 3 rings (SSSR count). The van der Waals surface area contributed by atoms with E-state index in [4.69, 9.17) is 4.74 Å². The number of likely N-dealkylation sites (tertiary alicyclic amines) is 1. The number of carbonyl (C=O) groups is 1. The maximum absolute atomic E-state index is 13.8. The molecule has 1 amide bonds. The highest BCUT2D eigenvalue weighted by atomic mass is 19.1. The molecule has 0 unspecified atom stereocenters. The molecule has 0 N–H and O–H groups in total. The molecule has 1 atom stereocenters. The van der Waals surface area contributed by atoms with Crippen molar-refractivity contribution in [3.05, 3.63) is 47.8 Å². The summed E-state index contributed by atoms with van der Waals surface area (Å²) in [6.07, 6.45) is 6.15. The van der Waals surface area contributed by atoms with Crippen molar-refractivity contribution in [3.8, 4) is 0 Å². The molecule has 134 valence electrons. The Morgan fingerprint density at radius 1 is 1.40 bits per heavy atom. The van der Waals surface area contributed by atoms with Gasteiger partial charge in [0.15, 0.2) is 11.5 Å². The van der Waals surface area contributed by atoms with Gasteiger partial charge in [0, 0.05) is 51.1 Å². The molecule has 0 aliphatic carbocycles. The Kier molecular flexibility index (Phi) is 5.37. The van der Waals surface area contributed by atoms with Gasteiger partial charge in [0.1, 0.15) is 11.6 Å². The zero-order valence-electron chi connectivity index (χ0n) is 14.0. The number of aromatic nitrogens is 3. The first-order chi connectivity index (χ1) is 12.1. The van der Waals surface area contributed by atoms with Gasteiger partial charge in [-0.05, 0) is 12.8 Å². The van der Waals surface area contributed by atoms with Gasteiger partial charge < -0.3 is 14.2 Å². The number of imidazole rings is 1. The molecule has 0 aromatic carbocycles. The van der Waals surface area contributed by atoms with Crippen LogP contribution in [0, 0.1) is 11.6 Å². The minimum Gasteiger partial charge on any atom is -0.383 e. The number of hydrogen-bond acceptors (Lipinski definition) is 4. The summed E-state index contributed by atoms with van der Waals surface area (Å²) in [6.45, 7) is 2.21. The van der Waals surface area contributed by atoms with Crippen LogP contribution in [0.1, 0.15) is 35.1 Å². The molecule has 0 bridgehead atoms. The second-order valence-corrected chi connectivity index (χ2v) is 6.05. The van der Waals surface area contributed by atoms with Gasteiger partial charge in [0.2, 0.25) is 0 Å². The van der Waals surface area contributed by atoms with E-state index in [0.29, 0.717) is 32.3 Å². The predicted octanol–water partition coefficient (Wildman–Crippen LogP) is 2.22. The minimum absolute atomic E-state index is 0.0630. The second-order valence-electron chi connectivity index (χ2n) is 6.05. The molecule has 0 radical (unpaired) electrons. The highest BCUT2D eigenvalue weighted by Crippen LogP contribution is 2.27. The average Bonchev–Trinajstić information content (AvgIpc) is 3.08. The number of hydrogen-bond donors (Lipinski definition) is 0. The van der Waals surface area contributed by atoms with Crippen molar-refractivity contribution < 1.29 is 18.3 Å². The Hall–Kier alpha value is -2.35. The highest BCUT2D eigenvalue weighted by molar-refractivity contribution is 5.92. The molecule has 1 aliphatic rings. The molecule has 6 nitrogen and oxygen atoms in total. The van der Waals surface area contributed by atoms with Crippen molar-refractivity contribution in [2.45, 2.75) is 25.3 Å². The third-order valence-corrected chi connectivity index (χ3v) is 4.37. The van der Waals surface area contributed by atoms with Gasteiger partial charge in [-0.1, -0.05) is 0 Å². The summed E-state index contributed by atoms with van der Waals surface area (Å²) >= 11 is 0. The molecule has 8 heteroatoms. The zero-order chi connectivity index (χ0) is 17.8. The molecule has 1 fully saturated rings. The molecule has 0 saturated carbocycles. The van der Waals surface area contributed by atoms with Gasteiger partial charge in [0.05, 0.1) is 12.8 Å². The van der Waals surface area contributed by atoms with Crippen molar-refractivity contribution in [2.24, 2.45) is 0 Å².